The van der Waals surface area contributed by atoms with Crippen molar-refractivity contribution < 1.29 is 9.32 Å². The lowest BCUT2D eigenvalue weighted by molar-refractivity contribution is -0.122. The molecule has 2 aromatic rings. The van der Waals surface area contributed by atoms with E-state index in [-0.39, 0.29) is 5.91 Å². The molecule has 1 N–H and O–H groups in total. The van der Waals surface area contributed by atoms with E-state index in [1.54, 1.807) is 12.1 Å². The maximum absolute atomic E-state index is 12.2. The molecule has 1 aromatic carbocycles. The molecule has 0 spiro atoms. The Kier molecular flexibility index (Phi) is 7.06. The average molecular weight is 376 g/mol. The second kappa shape index (κ2) is 9.72. The van der Waals surface area contributed by atoms with E-state index in [0.29, 0.717) is 42.0 Å². The number of halogens is 1. The lowest BCUT2D eigenvalue weighted by Gasteiger charge is -2.20. The van der Waals surface area contributed by atoms with Gasteiger partial charge in [0.05, 0.1) is 0 Å². The fraction of sp³-hybridized carbons (Fsp3) is 0.550. The van der Waals surface area contributed by atoms with Gasteiger partial charge in [-0.1, -0.05) is 48.9 Å². The van der Waals surface area contributed by atoms with Gasteiger partial charge < -0.3 is 9.84 Å². The molecule has 0 radical (unpaired) electrons. The summed E-state index contributed by atoms with van der Waals surface area (Å²) in [7, 11) is 0. The molecule has 1 fully saturated rings. The minimum atomic E-state index is 0.132. The van der Waals surface area contributed by atoms with Crippen LogP contribution in [0.3, 0.4) is 0 Å². The molecule has 1 amide bonds. The van der Waals surface area contributed by atoms with Gasteiger partial charge >= 0.3 is 0 Å². The van der Waals surface area contributed by atoms with Gasteiger partial charge in [0.25, 0.3) is 0 Å². The van der Waals surface area contributed by atoms with Crippen molar-refractivity contribution in [1.82, 2.24) is 15.5 Å². The van der Waals surface area contributed by atoms with Crippen LogP contribution in [0, 0.1) is 0 Å². The third kappa shape index (κ3) is 5.84. The number of nitrogens with zero attached hydrogens (tertiary/aromatic N) is 2. The molecule has 0 bridgehead atoms. The van der Waals surface area contributed by atoms with E-state index < -0.39 is 0 Å². The number of aromatic nitrogens is 2. The zero-order valence-electron chi connectivity index (χ0n) is 15.0. The van der Waals surface area contributed by atoms with Gasteiger partial charge in [0.1, 0.15) is 0 Å². The van der Waals surface area contributed by atoms with Crippen molar-refractivity contribution in [3.63, 3.8) is 0 Å². The summed E-state index contributed by atoms with van der Waals surface area (Å²) in [5.41, 5.74) is 0.867. The highest BCUT2D eigenvalue weighted by Crippen LogP contribution is 2.19. The molecule has 0 atom stereocenters. The van der Waals surface area contributed by atoms with Crippen molar-refractivity contribution in [2.45, 2.75) is 70.3 Å². The van der Waals surface area contributed by atoms with Crippen LogP contribution in [0.2, 0.25) is 5.02 Å². The van der Waals surface area contributed by atoms with E-state index in [1.807, 2.05) is 12.1 Å². The van der Waals surface area contributed by atoms with E-state index in [1.165, 1.54) is 32.1 Å². The van der Waals surface area contributed by atoms with E-state index in [0.717, 1.165) is 18.4 Å². The average Bonchev–Trinajstić information content (AvgIpc) is 3.07. The number of hydrogen-bond donors (Lipinski definition) is 1. The minimum absolute atomic E-state index is 0.132. The van der Waals surface area contributed by atoms with Crippen LogP contribution in [0.1, 0.15) is 63.7 Å². The molecular formula is C20H26ClN3O2. The predicted octanol–water partition coefficient (Wildman–Crippen LogP) is 4.94. The van der Waals surface area contributed by atoms with Crippen LogP contribution < -0.4 is 5.32 Å². The Balaban J connectivity index is 1.41. The Morgan fingerprint density at radius 2 is 1.81 bits per heavy atom. The van der Waals surface area contributed by atoms with Crippen molar-refractivity contribution in [3.8, 4) is 11.4 Å². The Hall–Kier alpha value is -1.88. The van der Waals surface area contributed by atoms with Crippen LogP contribution in [-0.2, 0) is 11.2 Å². The molecule has 0 unspecified atom stereocenters. The number of benzene rings is 1. The molecule has 1 aromatic heterocycles. The molecule has 1 heterocycles. The molecule has 3 rings (SSSR count). The number of hydrogen-bond acceptors (Lipinski definition) is 4. The second-order valence-corrected chi connectivity index (χ2v) is 7.42. The smallest absolute Gasteiger partial charge is 0.226 e. The molecule has 140 valence electrons. The van der Waals surface area contributed by atoms with Crippen molar-refractivity contribution >= 4 is 17.5 Å². The summed E-state index contributed by atoms with van der Waals surface area (Å²) >= 11 is 5.89. The van der Waals surface area contributed by atoms with Gasteiger partial charge in [-0.15, -0.1) is 0 Å². The molecule has 6 heteroatoms. The van der Waals surface area contributed by atoms with Gasteiger partial charge in [0.2, 0.25) is 17.6 Å². The zero-order chi connectivity index (χ0) is 18.2. The van der Waals surface area contributed by atoms with Crippen molar-refractivity contribution in [1.29, 1.82) is 0 Å². The molecule has 0 saturated heterocycles. The van der Waals surface area contributed by atoms with Gasteiger partial charge in [0, 0.05) is 29.5 Å². The largest absolute Gasteiger partial charge is 0.353 e. The number of rotatable bonds is 6. The summed E-state index contributed by atoms with van der Waals surface area (Å²) < 4.78 is 5.29. The second-order valence-electron chi connectivity index (χ2n) is 6.98. The molecule has 1 saturated carbocycles. The lowest BCUT2D eigenvalue weighted by atomic mass is 9.96. The van der Waals surface area contributed by atoms with Crippen LogP contribution in [0.4, 0.5) is 0 Å². The van der Waals surface area contributed by atoms with Crippen LogP contribution in [0.25, 0.3) is 11.4 Å². The highest BCUT2D eigenvalue weighted by atomic mass is 35.5. The maximum atomic E-state index is 12.2. The van der Waals surface area contributed by atoms with Crippen LogP contribution in [-0.4, -0.2) is 22.1 Å². The SMILES string of the molecule is O=C(CCCc1nc(-c2ccc(Cl)cc2)no1)NC1CCCCCCC1. The third-order valence-electron chi connectivity index (χ3n) is 4.84. The molecular weight excluding hydrogens is 350 g/mol. The molecule has 0 aliphatic heterocycles. The highest BCUT2D eigenvalue weighted by Gasteiger charge is 2.14. The fourth-order valence-corrected chi connectivity index (χ4v) is 3.50. The van der Waals surface area contributed by atoms with E-state index in [4.69, 9.17) is 16.1 Å². The van der Waals surface area contributed by atoms with Crippen molar-refractivity contribution in [2.75, 3.05) is 0 Å². The number of aryl methyl sites for hydroxylation is 1. The minimum Gasteiger partial charge on any atom is -0.353 e. The molecule has 26 heavy (non-hydrogen) atoms. The van der Waals surface area contributed by atoms with Gasteiger partial charge in [-0.2, -0.15) is 4.98 Å². The normalized spacial score (nSPS) is 16.0. The first-order chi connectivity index (χ1) is 12.7. The predicted molar refractivity (Wildman–Crippen MR) is 102 cm³/mol. The fourth-order valence-electron chi connectivity index (χ4n) is 3.37. The first-order valence-electron chi connectivity index (χ1n) is 9.58. The number of carbonyl (C=O) groups is 1. The molecule has 1 aliphatic carbocycles. The quantitative estimate of drug-likeness (QED) is 0.776. The van der Waals surface area contributed by atoms with Gasteiger partial charge in [-0.05, 0) is 43.5 Å². The first kappa shape index (κ1) is 18.9. The number of carbonyl (C=O) groups excluding carboxylic acids is 1. The van der Waals surface area contributed by atoms with E-state index >= 15 is 0 Å². The van der Waals surface area contributed by atoms with E-state index in [9.17, 15) is 4.79 Å². The number of nitrogens with one attached hydrogen (secondary N) is 1. The van der Waals surface area contributed by atoms with Gasteiger partial charge in [-0.25, -0.2) is 0 Å². The topological polar surface area (TPSA) is 68.0 Å². The summed E-state index contributed by atoms with van der Waals surface area (Å²) in [6, 6.07) is 7.67. The summed E-state index contributed by atoms with van der Waals surface area (Å²) in [5.74, 6) is 1.25. The van der Waals surface area contributed by atoms with Crippen LogP contribution >= 0.6 is 11.6 Å². The summed E-state index contributed by atoms with van der Waals surface area (Å²) in [6.45, 7) is 0. The maximum Gasteiger partial charge on any atom is 0.226 e. The van der Waals surface area contributed by atoms with Crippen molar-refractivity contribution in [2.24, 2.45) is 0 Å². The monoisotopic (exact) mass is 375 g/mol. The Labute approximate surface area is 159 Å². The summed E-state index contributed by atoms with van der Waals surface area (Å²) in [6.07, 6.45) is 10.4. The van der Waals surface area contributed by atoms with Gasteiger partial charge in [0.15, 0.2) is 0 Å². The molecule has 1 aliphatic rings. The summed E-state index contributed by atoms with van der Waals surface area (Å²) in [5, 5.41) is 7.86. The van der Waals surface area contributed by atoms with Crippen LogP contribution in [0.5, 0.6) is 0 Å². The van der Waals surface area contributed by atoms with Crippen LogP contribution in [0.15, 0.2) is 28.8 Å². The first-order valence-corrected chi connectivity index (χ1v) is 9.96. The number of amides is 1. The highest BCUT2D eigenvalue weighted by molar-refractivity contribution is 6.30. The third-order valence-corrected chi connectivity index (χ3v) is 5.09. The zero-order valence-corrected chi connectivity index (χ0v) is 15.8. The summed E-state index contributed by atoms with van der Waals surface area (Å²) in [4.78, 5) is 16.6. The Bertz CT molecular complexity index is 691. The Morgan fingerprint density at radius 3 is 2.54 bits per heavy atom. The van der Waals surface area contributed by atoms with Crippen molar-refractivity contribution in [3.05, 3.63) is 35.2 Å². The standard InChI is InChI=1S/C20H26ClN3O2/c21-16-13-11-15(12-14-16)20-23-19(26-24-20)10-6-9-18(25)22-17-7-4-2-1-3-5-8-17/h11-14,17H,1-10H2,(H,22,25). The Morgan fingerprint density at radius 1 is 1.12 bits per heavy atom. The van der Waals surface area contributed by atoms with E-state index in [2.05, 4.69) is 15.5 Å². The van der Waals surface area contributed by atoms with Gasteiger partial charge in [-0.3, -0.25) is 4.79 Å². The lowest BCUT2D eigenvalue weighted by Crippen LogP contribution is -2.35. The molecule has 5 nitrogen and oxygen atoms in total.